The van der Waals surface area contributed by atoms with Gasteiger partial charge in [-0.3, -0.25) is 4.79 Å². The van der Waals surface area contributed by atoms with Crippen LogP contribution in [0.1, 0.15) is 43.6 Å². The third-order valence-electron chi connectivity index (χ3n) is 4.02. The summed E-state index contributed by atoms with van der Waals surface area (Å²) < 4.78 is 26.3. The molecule has 1 saturated carbocycles. The lowest BCUT2D eigenvalue weighted by Gasteiger charge is -2.30. The first-order valence-corrected chi connectivity index (χ1v) is 7.18. The molecule has 1 amide bonds. The summed E-state index contributed by atoms with van der Waals surface area (Å²) in [5.74, 6) is -3.25. The third-order valence-corrected chi connectivity index (χ3v) is 4.27. The molecule has 2 nitrogen and oxygen atoms in total. The van der Waals surface area contributed by atoms with Gasteiger partial charge in [0, 0.05) is 17.9 Å². The molecular weight excluding hydrogens is 284 g/mol. The molecule has 1 aromatic rings. The summed E-state index contributed by atoms with van der Waals surface area (Å²) in [4.78, 5) is 11.6. The zero-order chi connectivity index (χ0) is 14.8. The van der Waals surface area contributed by atoms with Crippen molar-refractivity contribution < 1.29 is 13.6 Å². The van der Waals surface area contributed by atoms with Crippen molar-refractivity contribution in [2.24, 2.45) is 11.7 Å². The van der Waals surface area contributed by atoms with Gasteiger partial charge >= 0.3 is 0 Å². The Kier molecular flexibility index (Phi) is 4.63. The molecule has 5 heteroatoms. The molecule has 1 atom stereocenters. The number of carbonyl (C=O) groups is 1. The van der Waals surface area contributed by atoms with Crippen LogP contribution in [0.4, 0.5) is 8.78 Å². The Morgan fingerprint density at radius 2 is 1.85 bits per heavy atom. The van der Waals surface area contributed by atoms with Gasteiger partial charge in [-0.25, -0.2) is 8.78 Å². The summed E-state index contributed by atoms with van der Waals surface area (Å²) in [6, 6.07) is 6.97. The summed E-state index contributed by atoms with van der Waals surface area (Å²) in [5, 5.41) is 0.592. The maximum absolute atomic E-state index is 13.1. The van der Waals surface area contributed by atoms with Crippen molar-refractivity contribution in [3.63, 3.8) is 0 Å². The quantitative estimate of drug-likeness (QED) is 0.893. The van der Waals surface area contributed by atoms with Gasteiger partial charge in [0.15, 0.2) is 0 Å². The van der Waals surface area contributed by atoms with Gasteiger partial charge in [0.25, 0.3) is 0 Å². The second-order valence-electron chi connectivity index (χ2n) is 5.54. The van der Waals surface area contributed by atoms with E-state index in [0.717, 1.165) is 5.56 Å². The van der Waals surface area contributed by atoms with Gasteiger partial charge in [-0.05, 0) is 42.9 Å². The molecule has 0 spiro atoms. The van der Waals surface area contributed by atoms with E-state index in [1.807, 2.05) is 0 Å². The number of alkyl halides is 2. The summed E-state index contributed by atoms with van der Waals surface area (Å²) in [5.41, 5.74) is 6.26. The first kappa shape index (κ1) is 15.2. The fourth-order valence-electron chi connectivity index (χ4n) is 2.78. The van der Waals surface area contributed by atoms with E-state index in [1.165, 1.54) is 0 Å². The molecule has 0 aromatic heterocycles. The lowest BCUT2D eigenvalue weighted by molar-refractivity contribution is -0.120. The minimum absolute atomic E-state index is 0.0935. The molecule has 0 saturated heterocycles. The predicted molar refractivity (Wildman–Crippen MR) is 74.9 cm³/mol. The average Bonchev–Trinajstić information content (AvgIpc) is 2.38. The van der Waals surface area contributed by atoms with Crippen molar-refractivity contribution in [1.29, 1.82) is 0 Å². The van der Waals surface area contributed by atoms with Crippen LogP contribution >= 0.6 is 11.6 Å². The number of hydrogen-bond acceptors (Lipinski definition) is 1. The van der Waals surface area contributed by atoms with Gasteiger partial charge in [-0.1, -0.05) is 23.7 Å². The van der Waals surface area contributed by atoms with Crippen molar-refractivity contribution in [3.05, 3.63) is 34.9 Å². The van der Waals surface area contributed by atoms with Crippen molar-refractivity contribution in [2.75, 3.05) is 0 Å². The Bertz CT molecular complexity index is 465. The first-order valence-electron chi connectivity index (χ1n) is 6.80. The average molecular weight is 302 g/mol. The SMILES string of the molecule is NC(=O)C(CC1CCC(F)(F)CC1)c1ccc(Cl)cc1. The first-order chi connectivity index (χ1) is 9.37. The van der Waals surface area contributed by atoms with Gasteiger partial charge in [-0.2, -0.15) is 0 Å². The highest BCUT2D eigenvalue weighted by Crippen LogP contribution is 2.40. The van der Waals surface area contributed by atoms with E-state index in [0.29, 0.717) is 24.3 Å². The lowest BCUT2D eigenvalue weighted by Crippen LogP contribution is -2.28. The van der Waals surface area contributed by atoms with E-state index in [4.69, 9.17) is 17.3 Å². The fourth-order valence-corrected chi connectivity index (χ4v) is 2.91. The molecule has 1 fully saturated rings. The summed E-state index contributed by atoms with van der Waals surface area (Å²) >= 11 is 5.82. The Labute approximate surface area is 122 Å². The topological polar surface area (TPSA) is 43.1 Å². The molecule has 1 aliphatic carbocycles. The van der Waals surface area contributed by atoms with Crippen LogP contribution in [0.25, 0.3) is 0 Å². The zero-order valence-electron chi connectivity index (χ0n) is 11.1. The van der Waals surface area contributed by atoms with E-state index < -0.39 is 17.7 Å². The predicted octanol–water partition coefficient (Wildman–Crippen LogP) is 4.12. The summed E-state index contributed by atoms with van der Waals surface area (Å²) in [6.45, 7) is 0. The van der Waals surface area contributed by atoms with Crippen molar-refractivity contribution >= 4 is 17.5 Å². The molecule has 1 aromatic carbocycles. The Balaban J connectivity index is 2.04. The smallest absolute Gasteiger partial charge is 0.248 e. The van der Waals surface area contributed by atoms with Crippen LogP contribution < -0.4 is 5.73 Å². The molecule has 110 valence electrons. The van der Waals surface area contributed by atoms with Crippen LogP contribution in [0.5, 0.6) is 0 Å². The maximum atomic E-state index is 13.1. The fraction of sp³-hybridized carbons (Fsp3) is 0.533. The largest absolute Gasteiger partial charge is 0.369 e. The maximum Gasteiger partial charge on any atom is 0.248 e. The second kappa shape index (κ2) is 6.08. The number of nitrogens with two attached hydrogens (primary N) is 1. The Hall–Kier alpha value is -1.16. The monoisotopic (exact) mass is 301 g/mol. The molecule has 0 aliphatic heterocycles. The van der Waals surface area contributed by atoms with Gasteiger partial charge < -0.3 is 5.73 Å². The van der Waals surface area contributed by atoms with Crippen LogP contribution in [0.2, 0.25) is 5.02 Å². The number of carbonyl (C=O) groups excluding carboxylic acids is 1. The minimum Gasteiger partial charge on any atom is -0.369 e. The number of amides is 1. The lowest BCUT2D eigenvalue weighted by atomic mass is 9.79. The van der Waals surface area contributed by atoms with Gasteiger partial charge in [0.05, 0.1) is 5.92 Å². The zero-order valence-corrected chi connectivity index (χ0v) is 11.9. The molecular formula is C15H18ClF2NO. The number of halogens is 3. The Morgan fingerprint density at radius 3 is 2.35 bits per heavy atom. The van der Waals surface area contributed by atoms with E-state index in [2.05, 4.69) is 0 Å². The van der Waals surface area contributed by atoms with E-state index in [-0.39, 0.29) is 18.8 Å². The van der Waals surface area contributed by atoms with Crippen molar-refractivity contribution in [2.45, 2.75) is 43.9 Å². The number of hydrogen-bond donors (Lipinski definition) is 1. The molecule has 20 heavy (non-hydrogen) atoms. The van der Waals surface area contributed by atoms with Crippen LogP contribution in [0.15, 0.2) is 24.3 Å². The Morgan fingerprint density at radius 1 is 1.30 bits per heavy atom. The van der Waals surface area contributed by atoms with Crippen molar-refractivity contribution in [1.82, 2.24) is 0 Å². The molecule has 1 unspecified atom stereocenters. The van der Waals surface area contributed by atoms with Gasteiger partial charge in [0.2, 0.25) is 11.8 Å². The normalized spacial score (nSPS) is 20.6. The number of primary amides is 1. The molecule has 0 radical (unpaired) electrons. The van der Waals surface area contributed by atoms with Crippen LogP contribution in [-0.4, -0.2) is 11.8 Å². The van der Waals surface area contributed by atoms with Gasteiger partial charge in [-0.15, -0.1) is 0 Å². The third kappa shape index (κ3) is 3.92. The summed E-state index contributed by atoms with van der Waals surface area (Å²) in [6.07, 6.45) is 1.25. The van der Waals surface area contributed by atoms with Crippen LogP contribution in [0, 0.1) is 5.92 Å². The molecule has 1 aliphatic rings. The minimum atomic E-state index is -2.54. The van der Waals surface area contributed by atoms with Gasteiger partial charge in [0.1, 0.15) is 0 Å². The van der Waals surface area contributed by atoms with Crippen LogP contribution in [-0.2, 0) is 4.79 Å². The molecule has 2 N–H and O–H groups in total. The summed E-state index contributed by atoms with van der Waals surface area (Å²) in [7, 11) is 0. The number of benzene rings is 1. The molecule has 2 rings (SSSR count). The highest BCUT2D eigenvalue weighted by Gasteiger charge is 2.36. The highest BCUT2D eigenvalue weighted by molar-refractivity contribution is 6.30. The van der Waals surface area contributed by atoms with E-state index in [9.17, 15) is 13.6 Å². The molecule has 0 bridgehead atoms. The standard InChI is InChI=1S/C15H18ClF2NO/c16-12-3-1-11(2-4-12)13(14(19)20)9-10-5-7-15(17,18)8-6-10/h1-4,10,13H,5-9H2,(H2,19,20). The van der Waals surface area contributed by atoms with E-state index >= 15 is 0 Å². The van der Waals surface area contributed by atoms with Crippen molar-refractivity contribution in [3.8, 4) is 0 Å². The van der Waals surface area contributed by atoms with E-state index in [1.54, 1.807) is 24.3 Å². The van der Waals surface area contributed by atoms with Crippen LogP contribution in [0.3, 0.4) is 0 Å². The highest BCUT2D eigenvalue weighted by atomic mass is 35.5. The number of rotatable bonds is 4. The molecule has 0 heterocycles. The second-order valence-corrected chi connectivity index (χ2v) is 5.98.